The van der Waals surface area contributed by atoms with Gasteiger partial charge in [0.05, 0.1) is 0 Å². The Bertz CT molecular complexity index is 582. The molecule has 112 valence electrons. The standard InChI is InChI=1S/C13H19NO5S/c1-8-5-9(2)7-10(6-8)14-20(17,18)12-4-3-11(19-12)13(15)16/h3-4,8-10,14H,5-7H2,1-2H3,(H,15,16). The van der Waals surface area contributed by atoms with Crippen molar-refractivity contribution in [3.05, 3.63) is 17.9 Å². The van der Waals surface area contributed by atoms with Gasteiger partial charge in [-0.1, -0.05) is 13.8 Å². The largest absolute Gasteiger partial charge is 0.475 e. The van der Waals surface area contributed by atoms with Crippen molar-refractivity contribution < 1.29 is 22.7 Å². The van der Waals surface area contributed by atoms with Gasteiger partial charge in [-0.2, -0.15) is 0 Å². The van der Waals surface area contributed by atoms with Crippen molar-refractivity contribution in [2.45, 2.75) is 44.2 Å². The van der Waals surface area contributed by atoms with E-state index in [2.05, 4.69) is 18.6 Å². The molecular formula is C13H19NO5S. The molecule has 1 saturated carbocycles. The first-order valence-electron chi connectivity index (χ1n) is 6.63. The molecule has 1 aliphatic rings. The summed E-state index contributed by atoms with van der Waals surface area (Å²) in [6.07, 6.45) is 2.67. The van der Waals surface area contributed by atoms with E-state index in [1.165, 1.54) is 6.07 Å². The van der Waals surface area contributed by atoms with Gasteiger partial charge in [0.25, 0.3) is 10.0 Å². The van der Waals surface area contributed by atoms with Crippen LogP contribution in [-0.4, -0.2) is 25.5 Å². The molecule has 2 N–H and O–H groups in total. The second-order valence-electron chi connectivity index (χ2n) is 5.66. The maximum absolute atomic E-state index is 12.2. The summed E-state index contributed by atoms with van der Waals surface area (Å²) in [5, 5.41) is 8.40. The number of aromatic carboxylic acids is 1. The topological polar surface area (TPSA) is 96.6 Å². The maximum atomic E-state index is 12.2. The molecule has 6 nitrogen and oxygen atoms in total. The third-order valence-corrected chi connectivity index (χ3v) is 4.95. The van der Waals surface area contributed by atoms with Crippen molar-refractivity contribution in [2.24, 2.45) is 11.8 Å². The third kappa shape index (κ3) is 3.40. The number of nitrogens with one attached hydrogen (secondary N) is 1. The van der Waals surface area contributed by atoms with E-state index in [-0.39, 0.29) is 16.9 Å². The zero-order chi connectivity index (χ0) is 14.9. The molecule has 0 aromatic carbocycles. The zero-order valence-electron chi connectivity index (χ0n) is 11.5. The molecule has 1 heterocycles. The smallest absolute Gasteiger partial charge is 0.371 e. The summed E-state index contributed by atoms with van der Waals surface area (Å²) in [6.45, 7) is 4.21. The summed E-state index contributed by atoms with van der Waals surface area (Å²) in [7, 11) is -3.80. The molecule has 0 saturated heterocycles. The van der Waals surface area contributed by atoms with E-state index in [4.69, 9.17) is 9.52 Å². The highest BCUT2D eigenvalue weighted by molar-refractivity contribution is 7.89. The summed E-state index contributed by atoms with van der Waals surface area (Å²) in [5.41, 5.74) is 0. The van der Waals surface area contributed by atoms with Crippen LogP contribution in [0.1, 0.15) is 43.7 Å². The molecule has 7 heteroatoms. The van der Waals surface area contributed by atoms with Crippen LogP contribution < -0.4 is 4.72 Å². The van der Waals surface area contributed by atoms with E-state index < -0.39 is 16.0 Å². The van der Waals surface area contributed by atoms with Crippen LogP contribution in [0, 0.1) is 11.8 Å². The Morgan fingerprint density at radius 3 is 2.35 bits per heavy atom. The van der Waals surface area contributed by atoms with Gasteiger partial charge in [0.1, 0.15) is 0 Å². The average Bonchev–Trinajstić information content (AvgIpc) is 2.76. The second kappa shape index (κ2) is 5.57. The van der Waals surface area contributed by atoms with Crippen molar-refractivity contribution >= 4 is 16.0 Å². The van der Waals surface area contributed by atoms with Crippen molar-refractivity contribution in [1.82, 2.24) is 4.72 Å². The van der Waals surface area contributed by atoms with Crippen LogP contribution in [0.3, 0.4) is 0 Å². The number of hydrogen-bond acceptors (Lipinski definition) is 4. The lowest BCUT2D eigenvalue weighted by Gasteiger charge is -2.31. The summed E-state index contributed by atoms with van der Waals surface area (Å²) in [4.78, 5) is 10.7. The van der Waals surface area contributed by atoms with Gasteiger partial charge in [-0.3, -0.25) is 0 Å². The number of rotatable bonds is 4. The molecule has 0 bridgehead atoms. The maximum Gasteiger partial charge on any atom is 0.371 e. The lowest BCUT2D eigenvalue weighted by molar-refractivity contribution is 0.0656. The van der Waals surface area contributed by atoms with Gasteiger partial charge in [-0.15, -0.1) is 0 Å². The predicted molar refractivity (Wildman–Crippen MR) is 72.0 cm³/mol. The lowest BCUT2D eigenvalue weighted by atomic mass is 9.81. The molecule has 1 aromatic rings. The third-order valence-electron chi connectivity index (χ3n) is 3.56. The van der Waals surface area contributed by atoms with Gasteiger partial charge in [0, 0.05) is 6.04 Å². The van der Waals surface area contributed by atoms with Crippen molar-refractivity contribution in [1.29, 1.82) is 0 Å². The zero-order valence-corrected chi connectivity index (χ0v) is 12.3. The normalized spacial score (nSPS) is 27.4. The number of carboxylic acids is 1. The van der Waals surface area contributed by atoms with Crippen LogP contribution >= 0.6 is 0 Å². The number of sulfonamides is 1. The average molecular weight is 301 g/mol. The number of furan rings is 1. The monoisotopic (exact) mass is 301 g/mol. The molecule has 1 aromatic heterocycles. The first-order chi connectivity index (χ1) is 9.28. The summed E-state index contributed by atoms with van der Waals surface area (Å²) in [6, 6.07) is 2.18. The van der Waals surface area contributed by atoms with Crippen LogP contribution in [0.25, 0.3) is 0 Å². The van der Waals surface area contributed by atoms with Crippen LogP contribution in [-0.2, 0) is 10.0 Å². The molecule has 0 spiro atoms. The minimum atomic E-state index is -3.80. The van der Waals surface area contributed by atoms with E-state index in [0.29, 0.717) is 11.8 Å². The first-order valence-corrected chi connectivity index (χ1v) is 8.11. The van der Waals surface area contributed by atoms with E-state index in [0.717, 1.165) is 25.3 Å². The van der Waals surface area contributed by atoms with Gasteiger partial charge in [-0.25, -0.2) is 17.9 Å². The van der Waals surface area contributed by atoms with Crippen LogP contribution in [0.2, 0.25) is 0 Å². The Morgan fingerprint density at radius 1 is 1.25 bits per heavy atom. The van der Waals surface area contributed by atoms with Gasteiger partial charge < -0.3 is 9.52 Å². The second-order valence-corrected chi connectivity index (χ2v) is 7.30. The molecular weight excluding hydrogens is 282 g/mol. The van der Waals surface area contributed by atoms with Crippen LogP contribution in [0.4, 0.5) is 0 Å². The number of carbonyl (C=O) groups is 1. The Morgan fingerprint density at radius 2 is 1.85 bits per heavy atom. The van der Waals surface area contributed by atoms with Gasteiger partial charge in [-0.05, 0) is 43.2 Å². The van der Waals surface area contributed by atoms with Crippen molar-refractivity contribution in [3.63, 3.8) is 0 Å². The van der Waals surface area contributed by atoms with Crippen molar-refractivity contribution in [3.8, 4) is 0 Å². The molecule has 0 aliphatic heterocycles. The molecule has 1 aliphatic carbocycles. The predicted octanol–water partition coefficient (Wildman–Crippen LogP) is 2.08. The van der Waals surface area contributed by atoms with E-state index >= 15 is 0 Å². The van der Waals surface area contributed by atoms with Crippen LogP contribution in [0.15, 0.2) is 21.6 Å². The van der Waals surface area contributed by atoms with Gasteiger partial charge >= 0.3 is 5.97 Å². The lowest BCUT2D eigenvalue weighted by Crippen LogP contribution is -2.39. The SMILES string of the molecule is CC1CC(C)CC(NS(=O)(=O)c2ccc(C(=O)O)o2)C1. The Kier molecular flexibility index (Phi) is 4.19. The molecule has 0 amide bonds. The highest BCUT2D eigenvalue weighted by Crippen LogP contribution is 2.29. The van der Waals surface area contributed by atoms with E-state index in [9.17, 15) is 13.2 Å². The fourth-order valence-corrected chi connectivity index (χ4v) is 4.09. The van der Waals surface area contributed by atoms with E-state index in [1.54, 1.807) is 0 Å². The number of carboxylic acid groups (broad SMARTS) is 1. The minimum absolute atomic E-state index is 0.128. The van der Waals surface area contributed by atoms with Crippen LogP contribution in [0.5, 0.6) is 0 Å². The van der Waals surface area contributed by atoms with Gasteiger partial charge in [0.15, 0.2) is 0 Å². The molecule has 1 fully saturated rings. The molecule has 20 heavy (non-hydrogen) atoms. The summed E-state index contributed by atoms with van der Waals surface area (Å²) < 4.78 is 31.8. The van der Waals surface area contributed by atoms with E-state index in [1.807, 2.05) is 0 Å². The Labute approximate surface area is 118 Å². The van der Waals surface area contributed by atoms with Crippen molar-refractivity contribution in [2.75, 3.05) is 0 Å². The fourth-order valence-electron chi connectivity index (χ4n) is 2.90. The molecule has 2 atom stereocenters. The highest BCUT2D eigenvalue weighted by Gasteiger charge is 2.29. The molecule has 0 radical (unpaired) electrons. The Hall–Kier alpha value is -1.34. The quantitative estimate of drug-likeness (QED) is 0.887. The highest BCUT2D eigenvalue weighted by atomic mass is 32.2. The summed E-state index contributed by atoms with van der Waals surface area (Å²) in [5.74, 6) is -0.725. The Balaban J connectivity index is 2.12. The fraction of sp³-hybridized carbons (Fsp3) is 0.615. The summed E-state index contributed by atoms with van der Waals surface area (Å²) >= 11 is 0. The molecule has 2 unspecified atom stereocenters. The molecule has 2 rings (SSSR count). The first kappa shape index (κ1) is 15.1. The minimum Gasteiger partial charge on any atom is -0.475 e. The number of hydrogen-bond donors (Lipinski definition) is 2. The van der Waals surface area contributed by atoms with Gasteiger partial charge in [0.2, 0.25) is 10.9 Å².